The van der Waals surface area contributed by atoms with Crippen LogP contribution in [0.4, 0.5) is 5.69 Å². The Bertz CT molecular complexity index is 631. The molecule has 0 aliphatic carbocycles. The van der Waals surface area contributed by atoms with Crippen molar-refractivity contribution in [3.63, 3.8) is 0 Å². The molecule has 90 valence electrons. The van der Waals surface area contributed by atoms with Gasteiger partial charge in [-0.05, 0) is 92.0 Å². The molecule has 0 saturated carbocycles. The van der Waals surface area contributed by atoms with Crippen LogP contribution >= 0.6 is 67.8 Å². The average molecular weight is 571 g/mol. The van der Waals surface area contributed by atoms with Crippen LogP contribution in [0.15, 0.2) is 36.4 Å². The van der Waals surface area contributed by atoms with Gasteiger partial charge in [-0.3, -0.25) is 0 Å². The van der Waals surface area contributed by atoms with Crippen LogP contribution in [-0.2, 0) is 0 Å². The smallest absolute Gasteiger partial charge is 0.0516 e. The number of nitrogens with two attached hydrogens (primary N) is 1. The minimum Gasteiger partial charge on any atom is -0.398 e. The zero-order chi connectivity index (χ0) is 13.1. The second-order valence-electron chi connectivity index (χ2n) is 3.58. The molecular formula is C14H8I3N. The maximum Gasteiger partial charge on any atom is 0.0516 e. The molecule has 2 aromatic rings. The summed E-state index contributed by atoms with van der Waals surface area (Å²) in [5.41, 5.74) is 8.55. The number of halogens is 3. The van der Waals surface area contributed by atoms with Gasteiger partial charge in [-0.15, -0.1) is 0 Å². The summed E-state index contributed by atoms with van der Waals surface area (Å²) >= 11 is 6.95. The maximum absolute atomic E-state index is 5.88. The summed E-state index contributed by atoms with van der Waals surface area (Å²) in [4.78, 5) is 0. The van der Waals surface area contributed by atoms with E-state index in [0.29, 0.717) is 0 Å². The van der Waals surface area contributed by atoms with Crippen LogP contribution < -0.4 is 5.73 Å². The molecule has 0 radical (unpaired) electrons. The van der Waals surface area contributed by atoms with Gasteiger partial charge in [0.25, 0.3) is 0 Å². The monoisotopic (exact) mass is 571 g/mol. The van der Waals surface area contributed by atoms with E-state index in [1.54, 1.807) is 0 Å². The molecular weight excluding hydrogens is 563 g/mol. The maximum atomic E-state index is 5.88. The van der Waals surface area contributed by atoms with Gasteiger partial charge in [0.05, 0.1) is 5.56 Å². The molecule has 0 amide bonds. The molecule has 0 aliphatic heterocycles. The van der Waals surface area contributed by atoms with E-state index in [2.05, 4.69) is 91.7 Å². The fourth-order valence-electron chi connectivity index (χ4n) is 1.40. The Hall–Kier alpha value is -0.0100. The van der Waals surface area contributed by atoms with Crippen molar-refractivity contribution < 1.29 is 0 Å². The van der Waals surface area contributed by atoms with E-state index in [4.69, 9.17) is 5.73 Å². The molecule has 0 aliphatic rings. The first kappa shape index (κ1) is 14.4. The lowest BCUT2D eigenvalue weighted by atomic mass is 10.1. The normalized spacial score (nSPS) is 9.72. The van der Waals surface area contributed by atoms with Crippen LogP contribution in [0.1, 0.15) is 11.1 Å². The van der Waals surface area contributed by atoms with Gasteiger partial charge in [0.2, 0.25) is 0 Å². The molecule has 2 N–H and O–H groups in total. The van der Waals surface area contributed by atoms with Crippen LogP contribution in [0.2, 0.25) is 0 Å². The number of hydrogen-bond donors (Lipinski definition) is 1. The lowest BCUT2D eigenvalue weighted by Crippen LogP contribution is -1.91. The van der Waals surface area contributed by atoms with Crippen LogP contribution in [0, 0.1) is 22.6 Å². The Kier molecular flexibility index (Phi) is 5.14. The number of anilines is 1. The number of benzene rings is 2. The third-order valence-corrected chi connectivity index (χ3v) is 4.61. The summed E-state index contributed by atoms with van der Waals surface area (Å²) in [6.07, 6.45) is 0. The van der Waals surface area contributed by atoms with Crippen LogP contribution in [0.25, 0.3) is 0 Å². The second kappa shape index (κ2) is 6.43. The molecule has 0 bridgehead atoms. The Morgan fingerprint density at radius 3 is 2.11 bits per heavy atom. The molecule has 0 heterocycles. The van der Waals surface area contributed by atoms with E-state index in [1.807, 2.05) is 24.3 Å². The summed E-state index contributed by atoms with van der Waals surface area (Å²) in [5, 5.41) is 0. The van der Waals surface area contributed by atoms with Gasteiger partial charge in [0.15, 0.2) is 0 Å². The first-order valence-electron chi connectivity index (χ1n) is 5.09. The number of hydrogen-bond acceptors (Lipinski definition) is 1. The molecule has 0 spiro atoms. The van der Waals surface area contributed by atoms with Crippen molar-refractivity contribution in [2.24, 2.45) is 0 Å². The Balaban J connectivity index is 2.46. The zero-order valence-corrected chi connectivity index (χ0v) is 15.6. The van der Waals surface area contributed by atoms with Gasteiger partial charge in [-0.2, -0.15) is 0 Å². The van der Waals surface area contributed by atoms with Crippen molar-refractivity contribution >= 4 is 73.5 Å². The topological polar surface area (TPSA) is 26.0 Å². The van der Waals surface area contributed by atoms with Gasteiger partial charge in [0.1, 0.15) is 0 Å². The van der Waals surface area contributed by atoms with Crippen molar-refractivity contribution in [3.8, 4) is 11.8 Å². The summed E-state index contributed by atoms with van der Waals surface area (Å²) in [7, 11) is 0. The van der Waals surface area contributed by atoms with Crippen LogP contribution in [-0.4, -0.2) is 0 Å². The SMILES string of the molecule is Nc1ccccc1C#Cc1c(I)cc(I)cc1I. The van der Waals surface area contributed by atoms with Crippen LogP contribution in [0.5, 0.6) is 0 Å². The van der Waals surface area contributed by atoms with Gasteiger partial charge >= 0.3 is 0 Å². The van der Waals surface area contributed by atoms with E-state index in [9.17, 15) is 0 Å². The first-order valence-corrected chi connectivity index (χ1v) is 8.32. The molecule has 0 atom stereocenters. The molecule has 4 heteroatoms. The molecule has 1 nitrogen and oxygen atoms in total. The Morgan fingerprint density at radius 2 is 1.50 bits per heavy atom. The van der Waals surface area contributed by atoms with Crippen molar-refractivity contribution in [1.82, 2.24) is 0 Å². The van der Waals surface area contributed by atoms with Crippen LogP contribution in [0.3, 0.4) is 0 Å². The standard InChI is InChI=1S/C14H8I3N/c15-10-7-12(16)11(13(17)8-10)6-5-9-3-1-2-4-14(9)18/h1-4,7-8H,18H2. The highest BCUT2D eigenvalue weighted by Gasteiger charge is 2.03. The highest BCUT2D eigenvalue weighted by atomic mass is 127. The minimum absolute atomic E-state index is 0.723. The highest BCUT2D eigenvalue weighted by Crippen LogP contribution is 2.22. The largest absolute Gasteiger partial charge is 0.398 e. The fraction of sp³-hybridized carbons (Fsp3) is 0. The summed E-state index contributed by atoms with van der Waals surface area (Å²) in [6.45, 7) is 0. The number of nitrogen functional groups attached to an aromatic ring is 1. The van der Waals surface area contributed by atoms with Gasteiger partial charge in [0, 0.05) is 22.0 Å². The number of rotatable bonds is 0. The lowest BCUT2D eigenvalue weighted by molar-refractivity contribution is 1.49. The molecule has 18 heavy (non-hydrogen) atoms. The van der Waals surface area contributed by atoms with E-state index >= 15 is 0 Å². The number of para-hydroxylation sites is 1. The highest BCUT2D eigenvalue weighted by molar-refractivity contribution is 14.1. The molecule has 0 unspecified atom stereocenters. The quantitative estimate of drug-likeness (QED) is 0.282. The molecule has 0 fully saturated rings. The minimum atomic E-state index is 0.723. The van der Waals surface area contributed by atoms with E-state index in [1.165, 1.54) is 10.7 Å². The molecule has 2 aromatic carbocycles. The third kappa shape index (κ3) is 3.51. The second-order valence-corrected chi connectivity index (χ2v) is 7.15. The van der Waals surface area contributed by atoms with Gasteiger partial charge in [-0.25, -0.2) is 0 Å². The average Bonchev–Trinajstić information content (AvgIpc) is 2.30. The van der Waals surface area contributed by atoms with E-state index in [0.717, 1.165) is 16.8 Å². The zero-order valence-electron chi connectivity index (χ0n) is 9.18. The Labute approximate surface area is 147 Å². The summed E-state index contributed by atoms with van der Waals surface area (Å²) in [6, 6.07) is 11.9. The van der Waals surface area contributed by atoms with Crippen molar-refractivity contribution in [2.75, 3.05) is 5.73 Å². The first-order chi connectivity index (χ1) is 8.58. The molecule has 0 aromatic heterocycles. The van der Waals surface area contributed by atoms with E-state index in [-0.39, 0.29) is 0 Å². The van der Waals surface area contributed by atoms with Crippen molar-refractivity contribution in [2.45, 2.75) is 0 Å². The van der Waals surface area contributed by atoms with Crippen molar-refractivity contribution in [3.05, 3.63) is 58.2 Å². The summed E-state index contributed by atoms with van der Waals surface area (Å²) < 4.78 is 3.57. The van der Waals surface area contributed by atoms with Gasteiger partial charge < -0.3 is 5.73 Å². The fourth-order valence-corrected chi connectivity index (χ4v) is 5.25. The lowest BCUT2D eigenvalue weighted by Gasteiger charge is -2.01. The molecule has 2 rings (SSSR count). The van der Waals surface area contributed by atoms with E-state index < -0.39 is 0 Å². The summed E-state index contributed by atoms with van der Waals surface area (Å²) in [5.74, 6) is 6.36. The predicted molar refractivity (Wildman–Crippen MR) is 101 cm³/mol. The third-order valence-electron chi connectivity index (χ3n) is 2.29. The predicted octanol–water partition coefficient (Wildman–Crippen LogP) is 4.48. The molecule has 0 saturated heterocycles. The Morgan fingerprint density at radius 1 is 0.889 bits per heavy atom. The van der Waals surface area contributed by atoms with Crippen molar-refractivity contribution in [1.29, 1.82) is 0 Å². The van der Waals surface area contributed by atoms with Gasteiger partial charge in [-0.1, -0.05) is 24.0 Å².